The second-order valence-electron chi connectivity index (χ2n) is 5.75. The Hall–Kier alpha value is -2.86. The average Bonchev–Trinajstić information content (AvgIpc) is 2.68. The van der Waals surface area contributed by atoms with Gasteiger partial charge in [-0.15, -0.1) is 0 Å². The van der Waals surface area contributed by atoms with E-state index < -0.39 is 0 Å². The van der Waals surface area contributed by atoms with Crippen molar-refractivity contribution in [3.05, 3.63) is 60.2 Å². The Morgan fingerprint density at radius 2 is 1.68 bits per heavy atom. The minimum absolute atomic E-state index is 0.0435. The molecule has 6 heteroatoms. The quantitative estimate of drug-likeness (QED) is 0.876. The maximum Gasteiger partial charge on any atom is 0.255 e. The van der Waals surface area contributed by atoms with Crippen molar-refractivity contribution in [3.63, 3.8) is 0 Å². The van der Waals surface area contributed by atoms with Gasteiger partial charge in [0, 0.05) is 30.0 Å². The molecule has 25 heavy (non-hydrogen) atoms. The smallest absolute Gasteiger partial charge is 0.255 e. The highest BCUT2D eigenvalue weighted by atomic mass is 16.5. The van der Waals surface area contributed by atoms with Crippen molar-refractivity contribution in [3.8, 4) is 0 Å². The number of hydrogen-bond acceptors (Lipinski definition) is 4. The van der Waals surface area contributed by atoms with Crippen LogP contribution in [0.4, 0.5) is 11.4 Å². The van der Waals surface area contributed by atoms with Gasteiger partial charge in [0.15, 0.2) is 0 Å². The van der Waals surface area contributed by atoms with E-state index in [1.54, 1.807) is 17.0 Å². The molecule has 3 rings (SSSR count). The van der Waals surface area contributed by atoms with Crippen molar-refractivity contribution in [1.29, 1.82) is 0 Å². The molecule has 0 unspecified atom stereocenters. The molecule has 2 aromatic carbocycles. The van der Waals surface area contributed by atoms with Crippen LogP contribution in [0.5, 0.6) is 0 Å². The van der Waals surface area contributed by atoms with Crippen LogP contribution in [0, 0.1) is 0 Å². The predicted molar refractivity (Wildman–Crippen MR) is 96.7 cm³/mol. The van der Waals surface area contributed by atoms with Crippen LogP contribution in [0.3, 0.4) is 0 Å². The summed E-state index contributed by atoms with van der Waals surface area (Å²) in [6.07, 6.45) is 0. The van der Waals surface area contributed by atoms with Crippen molar-refractivity contribution in [2.75, 3.05) is 43.5 Å². The van der Waals surface area contributed by atoms with Crippen LogP contribution in [-0.2, 0) is 9.53 Å². The highest BCUT2D eigenvalue weighted by Gasteiger charge is 2.16. The number of benzene rings is 2. The van der Waals surface area contributed by atoms with E-state index in [-0.39, 0.29) is 18.4 Å². The van der Waals surface area contributed by atoms with Crippen molar-refractivity contribution in [2.45, 2.75) is 0 Å². The second-order valence-corrected chi connectivity index (χ2v) is 5.75. The topological polar surface area (TPSA) is 70.7 Å². The number of anilines is 2. The van der Waals surface area contributed by atoms with E-state index in [9.17, 15) is 9.59 Å². The van der Waals surface area contributed by atoms with E-state index in [0.717, 1.165) is 5.69 Å². The molecule has 1 saturated heterocycles. The largest absolute Gasteiger partial charge is 0.378 e. The standard InChI is InChI=1S/C19H21N3O3/c23-18(22-9-11-25-12-10-22)14-20-16-7-4-8-17(13-16)21-19(24)15-5-2-1-3-6-15/h1-8,13,20H,9-12,14H2,(H,21,24). The van der Waals surface area contributed by atoms with Crippen molar-refractivity contribution in [2.24, 2.45) is 0 Å². The predicted octanol–water partition coefficient (Wildman–Crippen LogP) is 2.21. The molecule has 1 fully saturated rings. The van der Waals surface area contributed by atoms with Gasteiger partial charge in [0.2, 0.25) is 5.91 Å². The van der Waals surface area contributed by atoms with Gasteiger partial charge in [0.1, 0.15) is 0 Å². The van der Waals surface area contributed by atoms with Crippen LogP contribution < -0.4 is 10.6 Å². The van der Waals surface area contributed by atoms with E-state index >= 15 is 0 Å². The first kappa shape index (κ1) is 17.0. The normalized spacial score (nSPS) is 14.0. The van der Waals surface area contributed by atoms with Crippen molar-refractivity contribution in [1.82, 2.24) is 4.90 Å². The van der Waals surface area contributed by atoms with Gasteiger partial charge in [0.05, 0.1) is 19.8 Å². The second kappa shape index (κ2) is 8.30. The third-order valence-corrected chi connectivity index (χ3v) is 3.96. The van der Waals surface area contributed by atoms with Gasteiger partial charge in [-0.3, -0.25) is 9.59 Å². The Labute approximate surface area is 146 Å². The van der Waals surface area contributed by atoms with E-state index in [2.05, 4.69) is 10.6 Å². The molecule has 6 nitrogen and oxygen atoms in total. The highest BCUT2D eigenvalue weighted by Crippen LogP contribution is 2.16. The third kappa shape index (κ3) is 4.81. The number of nitrogens with one attached hydrogen (secondary N) is 2. The van der Waals surface area contributed by atoms with E-state index in [1.165, 1.54) is 0 Å². The molecule has 0 saturated carbocycles. The van der Waals surface area contributed by atoms with Crippen LogP contribution in [0.2, 0.25) is 0 Å². The molecule has 2 amide bonds. The summed E-state index contributed by atoms with van der Waals surface area (Å²) in [5.41, 5.74) is 2.06. The fourth-order valence-electron chi connectivity index (χ4n) is 2.60. The first-order chi connectivity index (χ1) is 12.2. The third-order valence-electron chi connectivity index (χ3n) is 3.96. The van der Waals surface area contributed by atoms with Gasteiger partial charge in [-0.2, -0.15) is 0 Å². The van der Waals surface area contributed by atoms with Crippen LogP contribution in [0.1, 0.15) is 10.4 Å². The lowest BCUT2D eigenvalue weighted by atomic mass is 10.2. The van der Waals surface area contributed by atoms with E-state index in [4.69, 9.17) is 4.74 Å². The Bertz CT molecular complexity index is 728. The molecule has 0 bridgehead atoms. The summed E-state index contributed by atoms with van der Waals surface area (Å²) >= 11 is 0. The lowest BCUT2D eigenvalue weighted by Crippen LogP contribution is -2.43. The Morgan fingerprint density at radius 1 is 0.960 bits per heavy atom. The summed E-state index contributed by atoms with van der Waals surface area (Å²) in [4.78, 5) is 26.1. The number of rotatable bonds is 5. The Morgan fingerprint density at radius 3 is 2.44 bits per heavy atom. The van der Waals surface area contributed by atoms with Gasteiger partial charge in [-0.05, 0) is 30.3 Å². The molecule has 1 aliphatic rings. The fourth-order valence-corrected chi connectivity index (χ4v) is 2.60. The average molecular weight is 339 g/mol. The zero-order valence-corrected chi connectivity index (χ0v) is 13.9. The molecule has 0 spiro atoms. The van der Waals surface area contributed by atoms with Gasteiger partial charge in [0.25, 0.3) is 5.91 Å². The minimum atomic E-state index is -0.165. The van der Waals surface area contributed by atoms with Crippen molar-refractivity contribution < 1.29 is 14.3 Å². The van der Waals surface area contributed by atoms with Gasteiger partial charge in [-0.1, -0.05) is 24.3 Å². The summed E-state index contributed by atoms with van der Waals surface area (Å²) in [6.45, 7) is 2.66. The number of hydrogen-bond donors (Lipinski definition) is 2. The minimum Gasteiger partial charge on any atom is -0.378 e. The molecule has 0 aromatic heterocycles. The molecule has 1 heterocycles. The highest BCUT2D eigenvalue weighted by molar-refractivity contribution is 6.04. The zero-order chi connectivity index (χ0) is 17.5. The molecule has 2 N–H and O–H groups in total. The first-order valence-electron chi connectivity index (χ1n) is 8.28. The lowest BCUT2D eigenvalue weighted by Gasteiger charge is -2.27. The number of ether oxygens (including phenoxy) is 1. The molecule has 0 atom stereocenters. The maximum atomic E-state index is 12.2. The van der Waals surface area contributed by atoms with Crippen LogP contribution in [-0.4, -0.2) is 49.6 Å². The lowest BCUT2D eigenvalue weighted by molar-refractivity contribution is -0.133. The number of amides is 2. The zero-order valence-electron chi connectivity index (χ0n) is 13.9. The number of carbonyl (C=O) groups excluding carboxylic acids is 2. The summed E-state index contributed by atoms with van der Waals surface area (Å²) in [5, 5.41) is 5.97. The van der Waals surface area contributed by atoms with Gasteiger partial charge in [-0.25, -0.2) is 0 Å². The first-order valence-corrected chi connectivity index (χ1v) is 8.28. The Kier molecular flexibility index (Phi) is 5.64. The SMILES string of the molecule is O=C(Nc1cccc(NCC(=O)N2CCOCC2)c1)c1ccccc1. The maximum absolute atomic E-state index is 12.2. The van der Waals surface area contributed by atoms with E-state index in [0.29, 0.717) is 37.6 Å². The van der Waals surface area contributed by atoms with E-state index in [1.807, 2.05) is 42.5 Å². The van der Waals surface area contributed by atoms with Crippen LogP contribution in [0.15, 0.2) is 54.6 Å². The number of carbonyl (C=O) groups is 2. The summed E-state index contributed by atoms with van der Waals surface area (Å²) in [7, 11) is 0. The van der Waals surface area contributed by atoms with Gasteiger partial charge < -0.3 is 20.3 Å². The molecule has 2 aromatic rings. The number of nitrogens with zero attached hydrogens (tertiary/aromatic N) is 1. The summed E-state index contributed by atoms with van der Waals surface area (Å²) in [6, 6.07) is 16.4. The summed E-state index contributed by atoms with van der Waals surface area (Å²) in [5.74, 6) is -0.121. The van der Waals surface area contributed by atoms with Gasteiger partial charge >= 0.3 is 0 Å². The monoisotopic (exact) mass is 339 g/mol. The van der Waals surface area contributed by atoms with Crippen LogP contribution in [0.25, 0.3) is 0 Å². The molecule has 0 radical (unpaired) electrons. The van der Waals surface area contributed by atoms with Crippen molar-refractivity contribution >= 4 is 23.2 Å². The Balaban J connectivity index is 1.56. The van der Waals surface area contributed by atoms with Crippen LogP contribution >= 0.6 is 0 Å². The molecule has 0 aliphatic carbocycles. The summed E-state index contributed by atoms with van der Waals surface area (Å²) < 4.78 is 5.25. The molecule has 1 aliphatic heterocycles. The molecule has 130 valence electrons. The number of morpholine rings is 1. The fraction of sp³-hybridized carbons (Fsp3) is 0.263. The molecular formula is C19H21N3O3. The molecular weight excluding hydrogens is 318 g/mol.